The molecule has 0 N–H and O–H groups in total. The molecule has 2 fully saturated rings. The average Bonchev–Trinajstić information content (AvgIpc) is 2.71. The molecule has 1 aliphatic heterocycles. The van der Waals surface area contributed by atoms with Crippen molar-refractivity contribution in [3.05, 3.63) is 0 Å². The third kappa shape index (κ3) is 4.67. The summed E-state index contributed by atoms with van der Waals surface area (Å²) < 4.78 is 0. The Morgan fingerprint density at radius 2 is 1.84 bits per heavy atom. The number of hydrogen-bond acceptors (Lipinski definition) is 3. The second-order valence-electron chi connectivity index (χ2n) is 5.80. The van der Waals surface area contributed by atoms with E-state index in [4.69, 9.17) is 0 Å². The second-order valence-corrected chi connectivity index (χ2v) is 6.79. The highest BCUT2D eigenvalue weighted by Crippen LogP contribution is 2.23. The zero-order valence-electron chi connectivity index (χ0n) is 12.3. The van der Waals surface area contributed by atoms with Crippen LogP contribution in [0.5, 0.6) is 0 Å². The van der Waals surface area contributed by atoms with Crippen molar-refractivity contribution in [3.8, 4) is 0 Å². The van der Waals surface area contributed by atoms with Crippen molar-refractivity contribution in [2.45, 2.75) is 51.0 Å². The molecular formula is C15H28N2OS. The molecule has 1 amide bonds. The third-order valence-electron chi connectivity index (χ3n) is 4.49. The Morgan fingerprint density at radius 1 is 1.05 bits per heavy atom. The van der Waals surface area contributed by atoms with Crippen LogP contribution < -0.4 is 0 Å². The molecule has 2 aliphatic rings. The third-order valence-corrected chi connectivity index (χ3v) is 5.11. The number of amides is 1. The van der Waals surface area contributed by atoms with E-state index >= 15 is 0 Å². The summed E-state index contributed by atoms with van der Waals surface area (Å²) in [5.41, 5.74) is 0. The lowest BCUT2D eigenvalue weighted by Gasteiger charge is -2.33. The lowest BCUT2D eigenvalue weighted by atomic mass is 9.94. The van der Waals surface area contributed by atoms with E-state index in [1.165, 1.54) is 38.6 Å². The Kier molecular flexibility index (Phi) is 6.51. The minimum absolute atomic E-state index is 0.361. The monoisotopic (exact) mass is 284 g/mol. The van der Waals surface area contributed by atoms with Gasteiger partial charge in [-0.25, -0.2) is 0 Å². The summed E-state index contributed by atoms with van der Waals surface area (Å²) in [7, 11) is 0. The lowest BCUT2D eigenvalue weighted by Crippen LogP contribution is -2.40. The van der Waals surface area contributed by atoms with Gasteiger partial charge in [-0.1, -0.05) is 19.3 Å². The van der Waals surface area contributed by atoms with Crippen LogP contribution in [-0.4, -0.2) is 59.9 Å². The van der Waals surface area contributed by atoms with E-state index in [0.717, 1.165) is 37.8 Å². The van der Waals surface area contributed by atoms with Crippen LogP contribution in [0, 0.1) is 0 Å². The highest BCUT2D eigenvalue weighted by Gasteiger charge is 2.24. The molecule has 1 saturated carbocycles. The number of thioether (sulfide) groups is 1. The Morgan fingerprint density at radius 3 is 2.58 bits per heavy atom. The van der Waals surface area contributed by atoms with Crippen LogP contribution in [0.4, 0.5) is 0 Å². The van der Waals surface area contributed by atoms with Crippen LogP contribution in [0.1, 0.15) is 44.9 Å². The van der Waals surface area contributed by atoms with E-state index in [1.54, 1.807) is 11.8 Å². The number of rotatable bonds is 4. The number of nitrogens with zero attached hydrogens (tertiary/aromatic N) is 2. The molecule has 19 heavy (non-hydrogen) atoms. The molecule has 4 heteroatoms. The van der Waals surface area contributed by atoms with E-state index < -0.39 is 0 Å². The quantitative estimate of drug-likeness (QED) is 0.793. The average molecular weight is 284 g/mol. The van der Waals surface area contributed by atoms with E-state index in [0.29, 0.717) is 12.3 Å². The van der Waals surface area contributed by atoms with Gasteiger partial charge in [0.2, 0.25) is 5.91 Å². The predicted octanol–water partition coefficient (Wildman–Crippen LogP) is 2.61. The summed E-state index contributed by atoms with van der Waals surface area (Å²) in [4.78, 5) is 16.8. The largest absolute Gasteiger partial charge is 0.341 e. The minimum atomic E-state index is 0.361. The fraction of sp³-hybridized carbons (Fsp3) is 0.933. The lowest BCUT2D eigenvalue weighted by molar-refractivity contribution is -0.130. The van der Waals surface area contributed by atoms with Crippen molar-refractivity contribution in [3.63, 3.8) is 0 Å². The van der Waals surface area contributed by atoms with Crippen molar-refractivity contribution in [2.24, 2.45) is 0 Å². The maximum atomic E-state index is 12.1. The Bertz CT molecular complexity index is 279. The summed E-state index contributed by atoms with van der Waals surface area (Å²) in [5, 5.41) is 0. The van der Waals surface area contributed by atoms with Crippen molar-refractivity contribution < 1.29 is 4.79 Å². The molecule has 110 valence electrons. The van der Waals surface area contributed by atoms with Gasteiger partial charge in [0, 0.05) is 44.4 Å². The molecule has 0 aromatic carbocycles. The minimum Gasteiger partial charge on any atom is -0.341 e. The standard InChI is InChI=1S/C15H28N2OS/c1-19-13-8-15(18)17-10-5-9-16(11-12-17)14-6-3-2-4-7-14/h14H,2-13H2,1H3. The van der Waals surface area contributed by atoms with Crippen LogP contribution in [-0.2, 0) is 4.79 Å². The molecule has 0 bridgehead atoms. The van der Waals surface area contributed by atoms with Crippen molar-refractivity contribution >= 4 is 17.7 Å². The second kappa shape index (κ2) is 8.15. The summed E-state index contributed by atoms with van der Waals surface area (Å²) in [6.07, 6.45) is 10.9. The van der Waals surface area contributed by atoms with Crippen LogP contribution in [0.2, 0.25) is 0 Å². The van der Waals surface area contributed by atoms with E-state index in [-0.39, 0.29) is 0 Å². The molecule has 0 aromatic heterocycles. The maximum Gasteiger partial charge on any atom is 0.223 e. The van der Waals surface area contributed by atoms with Crippen LogP contribution in [0.15, 0.2) is 0 Å². The van der Waals surface area contributed by atoms with Gasteiger partial charge < -0.3 is 4.90 Å². The molecule has 0 unspecified atom stereocenters. The maximum absolute atomic E-state index is 12.1. The van der Waals surface area contributed by atoms with Gasteiger partial charge in [0.25, 0.3) is 0 Å². The summed E-state index contributed by atoms with van der Waals surface area (Å²) in [6, 6.07) is 0.801. The van der Waals surface area contributed by atoms with Gasteiger partial charge in [-0.05, 0) is 25.5 Å². The molecule has 0 atom stereocenters. The van der Waals surface area contributed by atoms with Crippen LogP contribution in [0.25, 0.3) is 0 Å². The number of hydrogen-bond donors (Lipinski definition) is 0. The highest BCUT2D eigenvalue weighted by molar-refractivity contribution is 7.98. The van der Waals surface area contributed by atoms with Gasteiger partial charge in [0.15, 0.2) is 0 Å². The summed E-state index contributed by atoms with van der Waals surface area (Å²) in [5.74, 6) is 1.32. The fourth-order valence-corrected chi connectivity index (χ4v) is 3.72. The van der Waals surface area contributed by atoms with Crippen molar-refractivity contribution in [2.75, 3.05) is 38.2 Å². The molecule has 1 aliphatic carbocycles. The van der Waals surface area contributed by atoms with Gasteiger partial charge in [-0.15, -0.1) is 0 Å². The first-order valence-corrected chi connectivity index (χ1v) is 9.21. The van der Waals surface area contributed by atoms with Gasteiger partial charge in [-0.3, -0.25) is 9.69 Å². The first-order valence-electron chi connectivity index (χ1n) is 7.82. The fourth-order valence-electron chi connectivity index (χ4n) is 3.35. The molecule has 3 nitrogen and oxygen atoms in total. The first-order chi connectivity index (χ1) is 9.31. The smallest absolute Gasteiger partial charge is 0.223 e. The molecule has 0 radical (unpaired) electrons. The van der Waals surface area contributed by atoms with Crippen LogP contribution >= 0.6 is 11.8 Å². The zero-order valence-corrected chi connectivity index (χ0v) is 13.1. The normalized spacial score (nSPS) is 23.3. The highest BCUT2D eigenvalue weighted by atomic mass is 32.2. The van der Waals surface area contributed by atoms with Gasteiger partial charge in [0.05, 0.1) is 0 Å². The van der Waals surface area contributed by atoms with Gasteiger partial charge in [-0.2, -0.15) is 11.8 Å². The van der Waals surface area contributed by atoms with Gasteiger partial charge in [0.1, 0.15) is 0 Å². The number of carbonyl (C=O) groups is 1. The number of carbonyl (C=O) groups excluding carboxylic acids is 1. The summed E-state index contributed by atoms with van der Waals surface area (Å²) in [6.45, 7) is 4.20. The topological polar surface area (TPSA) is 23.6 Å². The first kappa shape index (κ1) is 15.2. The van der Waals surface area contributed by atoms with Crippen molar-refractivity contribution in [1.82, 2.24) is 9.80 Å². The predicted molar refractivity (Wildman–Crippen MR) is 82.6 cm³/mol. The molecular weight excluding hydrogens is 256 g/mol. The Balaban J connectivity index is 1.78. The summed E-state index contributed by atoms with van der Waals surface area (Å²) >= 11 is 1.76. The van der Waals surface area contributed by atoms with E-state index in [1.807, 2.05) is 0 Å². The molecule has 1 heterocycles. The zero-order chi connectivity index (χ0) is 13.5. The molecule has 2 rings (SSSR count). The van der Waals surface area contributed by atoms with Crippen LogP contribution in [0.3, 0.4) is 0 Å². The molecule has 0 spiro atoms. The molecule has 1 saturated heterocycles. The Hall–Kier alpha value is -0.220. The Labute approximate surface area is 122 Å². The van der Waals surface area contributed by atoms with E-state index in [2.05, 4.69) is 16.1 Å². The molecule has 0 aromatic rings. The van der Waals surface area contributed by atoms with Crippen molar-refractivity contribution in [1.29, 1.82) is 0 Å². The van der Waals surface area contributed by atoms with Gasteiger partial charge >= 0.3 is 0 Å². The van der Waals surface area contributed by atoms with E-state index in [9.17, 15) is 4.79 Å². The SMILES string of the molecule is CSCCC(=O)N1CCCN(C2CCCCC2)CC1.